The molecule has 9 heteroatoms. The molecule has 1 aliphatic carbocycles. The fraction of sp³-hybridized carbons (Fsp3) is 0.353. The summed E-state index contributed by atoms with van der Waals surface area (Å²) in [6.07, 6.45) is 3.39. The van der Waals surface area contributed by atoms with Crippen molar-refractivity contribution < 1.29 is 17.4 Å². The first-order chi connectivity index (χ1) is 12.4. The molecule has 136 valence electrons. The summed E-state index contributed by atoms with van der Waals surface area (Å²) >= 11 is 5.86. The van der Waals surface area contributed by atoms with Crippen LogP contribution in [-0.4, -0.2) is 23.5 Å². The van der Waals surface area contributed by atoms with Gasteiger partial charge in [-0.1, -0.05) is 16.8 Å². The van der Waals surface area contributed by atoms with Crippen LogP contribution in [0.3, 0.4) is 0 Å². The van der Waals surface area contributed by atoms with Crippen molar-refractivity contribution in [1.82, 2.24) is 15.1 Å². The Balaban J connectivity index is 1.50. The second-order valence-corrected chi connectivity index (χ2v) is 9.12. The van der Waals surface area contributed by atoms with E-state index >= 15 is 0 Å². The van der Waals surface area contributed by atoms with Gasteiger partial charge in [-0.05, 0) is 44.0 Å². The lowest BCUT2D eigenvalue weighted by molar-refractivity contribution is 0.371. The lowest BCUT2D eigenvalue weighted by Crippen LogP contribution is -2.13. The Morgan fingerprint density at radius 3 is 2.65 bits per heavy atom. The lowest BCUT2D eigenvalue weighted by Gasteiger charge is -2.06. The van der Waals surface area contributed by atoms with Gasteiger partial charge in [0.2, 0.25) is 11.8 Å². The highest BCUT2D eigenvalue weighted by atomic mass is 35.5. The summed E-state index contributed by atoms with van der Waals surface area (Å²) in [6, 6.07) is 6.94. The largest absolute Gasteiger partial charge is 0.444 e. The van der Waals surface area contributed by atoms with Crippen molar-refractivity contribution in [1.29, 1.82) is 0 Å². The van der Waals surface area contributed by atoms with Gasteiger partial charge < -0.3 is 8.94 Å². The molecule has 3 aromatic rings. The number of sulfone groups is 1. The number of hydrogen-bond acceptors (Lipinski definition) is 7. The predicted molar refractivity (Wildman–Crippen MR) is 94.3 cm³/mol. The Hall–Kier alpha value is -2.19. The maximum absolute atomic E-state index is 12.7. The standard InChI is InChI=1S/C17H16ClN3O4S/c1-10(16-20-15(21-25-16)11-2-3-11)26(22,23)9-14-8-24-17(19-14)12-4-6-13(18)7-5-12/h4-8,10-11H,2-3,9H2,1H3/t10-/m1/s1. The quantitative estimate of drug-likeness (QED) is 0.625. The van der Waals surface area contributed by atoms with Gasteiger partial charge in [-0.25, -0.2) is 13.4 Å². The van der Waals surface area contributed by atoms with Crippen molar-refractivity contribution in [2.75, 3.05) is 0 Å². The van der Waals surface area contributed by atoms with E-state index in [0.717, 1.165) is 18.4 Å². The van der Waals surface area contributed by atoms with Gasteiger partial charge in [0.25, 0.3) is 0 Å². The summed E-state index contributed by atoms with van der Waals surface area (Å²) in [5, 5.41) is 3.57. The number of rotatable bonds is 6. The van der Waals surface area contributed by atoms with Crippen LogP contribution >= 0.6 is 11.6 Å². The molecule has 0 spiro atoms. The highest BCUT2D eigenvalue weighted by molar-refractivity contribution is 7.90. The van der Waals surface area contributed by atoms with E-state index in [-0.39, 0.29) is 11.6 Å². The fourth-order valence-electron chi connectivity index (χ4n) is 2.50. The molecule has 0 N–H and O–H groups in total. The van der Waals surface area contributed by atoms with Crippen LogP contribution in [0.2, 0.25) is 5.02 Å². The highest BCUT2D eigenvalue weighted by Gasteiger charge is 2.33. The average Bonchev–Trinajstić information content (AvgIpc) is 3.16. The number of oxazole rings is 1. The zero-order valence-corrected chi connectivity index (χ0v) is 15.5. The van der Waals surface area contributed by atoms with Crippen LogP contribution < -0.4 is 0 Å². The third-order valence-corrected chi connectivity index (χ3v) is 6.51. The highest BCUT2D eigenvalue weighted by Crippen LogP contribution is 2.39. The van der Waals surface area contributed by atoms with Gasteiger partial charge in [0.05, 0.1) is 11.4 Å². The summed E-state index contributed by atoms with van der Waals surface area (Å²) in [7, 11) is -3.57. The summed E-state index contributed by atoms with van der Waals surface area (Å²) < 4.78 is 35.9. The molecule has 2 heterocycles. The molecular weight excluding hydrogens is 378 g/mol. The summed E-state index contributed by atoms with van der Waals surface area (Å²) in [6.45, 7) is 1.54. The van der Waals surface area contributed by atoms with Crippen LogP contribution in [0, 0.1) is 0 Å². The van der Waals surface area contributed by atoms with E-state index < -0.39 is 15.1 Å². The van der Waals surface area contributed by atoms with Crippen LogP contribution in [0.4, 0.5) is 0 Å². The van der Waals surface area contributed by atoms with Crippen molar-refractivity contribution in [2.45, 2.75) is 36.7 Å². The molecule has 1 atom stereocenters. The third-order valence-electron chi connectivity index (χ3n) is 4.28. The predicted octanol–water partition coefficient (Wildman–Crippen LogP) is 3.93. The molecule has 0 unspecified atom stereocenters. The molecule has 1 aliphatic rings. The van der Waals surface area contributed by atoms with Crippen molar-refractivity contribution in [3.63, 3.8) is 0 Å². The van der Waals surface area contributed by atoms with Crippen LogP contribution in [0.5, 0.6) is 0 Å². The Morgan fingerprint density at radius 1 is 1.23 bits per heavy atom. The second kappa shape index (κ2) is 6.51. The first kappa shape index (κ1) is 17.2. The minimum Gasteiger partial charge on any atom is -0.444 e. The first-order valence-electron chi connectivity index (χ1n) is 8.18. The van der Waals surface area contributed by atoms with E-state index in [4.69, 9.17) is 20.5 Å². The molecule has 0 bridgehead atoms. The molecule has 2 aromatic heterocycles. The van der Waals surface area contributed by atoms with Gasteiger partial charge in [-0.15, -0.1) is 0 Å². The molecule has 1 fully saturated rings. The van der Waals surface area contributed by atoms with Gasteiger partial charge in [-0.3, -0.25) is 0 Å². The fourth-order valence-corrected chi connectivity index (χ4v) is 3.83. The monoisotopic (exact) mass is 393 g/mol. The van der Waals surface area contributed by atoms with Gasteiger partial charge in [-0.2, -0.15) is 4.98 Å². The molecular formula is C17H16ClN3O4S. The topological polar surface area (TPSA) is 99.1 Å². The molecule has 0 saturated heterocycles. The Morgan fingerprint density at radius 2 is 1.96 bits per heavy atom. The number of nitrogens with zero attached hydrogens (tertiary/aromatic N) is 3. The zero-order chi connectivity index (χ0) is 18.3. The van der Waals surface area contributed by atoms with E-state index in [2.05, 4.69) is 15.1 Å². The number of aromatic nitrogens is 3. The number of halogens is 1. The van der Waals surface area contributed by atoms with Crippen LogP contribution in [0.1, 0.15) is 48.3 Å². The smallest absolute Gasteiger partial charge is 0.244 e. The Bertz CT molecular complexity index is 1020. The maximum atomic E-state index is 12.7. The second-order valence-electron chi connectivity index (χ2n) is 6.37. The minimum atomic E-state index is -3.57. The molecule has 7 nitrogen and oxygen atoms in total. The van der Waals surface area contributed by atoms with Gasteiger partial charge >= 0.3 is 0 Å². The van der Waals surface area contributed by atoms with Crippen LogP contribution in [0.25, 0.3) is 11.5 Å². The van der Waals surface area contributed by atoms with E-state index in [0.29, 0.717) is 28.3 Å². The first-order valence-corrected chi connectivity index (χ1v) is 10.3. The molecule has 26 heavy (non-hydrogen) atoms. The number of benzene rings is 1. The lowest BCUT2D eigenvalue weighted by atomic mass is 10.2. The molecule has 0 radical (unpaired) electrons. The van der Waals surface area contributed by atoms with Crippen molar-refractivity contribution in [3.8, 4) is 11.5 Å². The summed E-state index contributed by atoms with van der Waals surface area (Å²) in [4.78, 5) is 8.49. The Labute approximate surface area is 155 Å². The molecule has 0 amide bonds. The molecule has 0 aliphatic heterocycles. The van der Waals surface area contributed by atoms with Crippen LogP contribution in [0.15, 0.2) is 39.5 Å². The molecule has 4 rings (SSSR count). The third kappa shape index (κ3) is 3.52. The van der Waals surface area contributed by atoms with E-state index in [1.165, 1.54) is 6.26 Å². The van der Waals surface area contributed by atoms with Crippen molar-refractivity contribution in [2.24, 2.45) is 0 Å². The van der Waals surface area contributed by atoms with E-state index in [9.17, 15) is 8.42 Å². The van der Waals surface area contributed by atoms with Gasteiger partial charge in [0, 0.05) is 16.5 Å². The van der Waals surface area contributed by atoms with Gasteiger partial charge in [0.15, 0.2) is 15.7 Å². The molecule has 1 aromatic carbocycles. The SMILES string of the molecule is C[C@H](c1nc(C2CC2)no1)S(=O)(=O)Cc1coc(-c2ccc(Cl)cc2)n1. The molecule has 1 saturated carbocycles. The maximum Gasteiger partial charge on any atom is 0.244 e. The summed E-state index contributed by atoms with van der Waals surface area (Å²) in [5.74, 6) is 1.09. The normalized spacial score (nSPS) is 15.9. The number of hydrogen-bond donors (Lipinski definition) is 0. The Kier molecular flexibility index (Phi) is 4.32. The van der Waals surface area contributed by atoms with Gasteiger partial charge in [0.1, 0.15) is 11.5 Å². The summed E-state index contributed by atoms with van der Waals surface area (Å²) in [5.41, 5.74) is 1.04. The van der Waals surface area contributed by atoms with Crippen molar-refractivity contribution in [3.05, 3.63) is 53.0 Å². The zero-order valence-electron chi connectivity index (χ0n) is 13.9. The van der Waals surface area contributed by atoms with E-state index in [1.807, 2.05) is 0 Å². The van der Waals surface area contributed by atoms with Crippen molar-refractivity contribution >= 4 is 21.4 Å². The minimum absolute atomic E-state index is 0.119. The van der Waals surface area contributed by atoms with E-state index in [1.54, 1.807) is 31.2 Å². The van der Waals surface area contributed by atoms with Crippen LogP contribution in [-0.2, 0) is 15.6 Å². The average molecular weight is 394 g/mol.